The van der Waals surface area contributed by atoms with Crippen molar-refractivity contribution in [2.75, 3.05) is 0 Å². The molecule has 114 valence electrons. The van der Waals surface area contributed by atoms with E-state index >= 15 is 0 Å². The van der Waals surface area contributed by atoms with Crippen molar-refractivity contribution in [2.24, 2.45) is 5.10 Å². The number of aromatic nitrogens is 2. The number of hydrogen-bond donors (Lipinski definition) is 1. The summed E-state index contributed by atoms with van der Waals surface area (Å²) in [6, 6.07) is 15.9. The van der Waals surface area contributed by atoms with Gasteiger partial charge in [-0.1, -0.05) is 36.4 Å². The van der Waals surface area contributed by atoms with Crippen LogP contribution in [0.5, 0.6) is 0 Å². The maximum Gasteiger partial charge on any atom is 0.260 e. The van der Waals surface area contributed by atoms with Crippen LogP contribution in [0.4, 0.5) is 0 Å². The molecule has 1 aromatic heterocycles. The Balaban J connectivity index is 1.48. The number of benzene rings is 2. The number of hydrazone groups is 1. The normalized spacial score (nSPS) is 15.0. The molecule has 0 unspecified atom stereocenters. The molecule has 0 saturated carbocycles. The summed E-state index contributed by atoms with van der Waals surface area (Å²) in [7, 11) is 0. The van der Waals surface area contributed by atoms with Gasteiger partial charge in [0, 0.05) is 5.56 Å². The van der Waals surface area contributed by atoms with Crippen LogP contribution < -0.4 is 5.43 Å². The van der Waals surface area contributed by atoms with Crippen molar-refractivity contribution < 1.29 is 4.79 Å². The molecule has 0 fully saturated rings. The van der Waals surface area contributed by atoms with E-state index in [0.29, 0.717) is 0 Å². The molecule has 1 N–H and O–H groups in total. The monoisotopic (exact) mass is 304 g/mol. The maximum absolute atomic E-state index is 12.2. The molecular formula is C18H16N4O. The molecule has 0 atom stereocenters. The van der Waals surface area contributed by atoms with Gasteiger partial charge in [-0.3, -0.25) is 4.79 Å². The topological polar surface area (TPSA) is 59.3 Å². The summed E-state index contributed by atoms with van der Waals surface area (Å²) in [5, 5.41) is 4.31. The molecule has 5 nitrogen and oxygen atoms in total. The molecular weight excluding hydrogens is 288 g/mol. The van der Waals surface area contributed by atoms with Gasteiger partial charge in [-0.15, -0.1) is 0 Å². The van der Waals surface area contributed by atoms with Crippen LogP contribution in [0.15, 0.2) is 60.0 Å². The second-order valence-electron chi connectivity index (χ2n) is 5.61. The molecule has 0 spiro atoms. The molecule has 1 heterocycles. The van der Waals surface area contributed by atoms with Gasteiger partial charge in [0.15, 0.2) is 0 Å². The predicted octanol–water partition coefficient (Wildman–Crippen LogP) is 2.50. The first kappa shape index (κ1) is 13.7. The van der Waals surface area contributed by atoms with Crippen LogP contribution >= 0.6 is 0 Å². The number of para-hydroxylation sites is 2. The maximum atomic E-state index is 12.2. The number of amides is 1. The van der Waals surface area contributed by atoms with E-state index in [4.69, 9.17) is 0 Å². The molecule has 1 amide bonds. The first-order valence-electron chi connectivity index (χ1n) is 7.65. The van der Waals surface area contributed by atoms with Gasteiger partial charge in [0.1, 0.15) is 6.54 Å². The standard InChI is InChI=1S/C18H16N4O/c23-18(11-22-12-19-16-7-3-4-8-17(16)22)21-20-15-10-9-13-5-1-2-6-14(13)15/h1-8,12H,9-11H2,(H,21,23)/b20-15-. The van der Waals surface area contributed by atoms with Crippen molar-refractivity contribution in [1.82, 2.24) is 15.0 Å². The van der Waals surface area contributed by atoms with Crippen LogP contribution in [0.3, 0.4) is 0 Å². The number of nitrogens with zero attached hydrogens (tertiary/aromatic N) is 3. The lowest BCUT2D eigenvalue weighted by molar-refractivity contribution is -0.121. The molecule has 0 radical (unpaired) electrons. The van der Waals surface area contributed by atoms with E-state index in [1.807, 2.05) is 41.0 Å². The Morgan fingerprint density at radius 2 is 1.96 bits per heavy atom. The van der Waals surface area contributed by atoms with Crippen LogP contribution in [0, 0.1) is 0 Å². The van der Waals surface area contributed by atoms with Crippen LogP contribution in [-0.4, -0.2) is 21.2 Å². The Labute approximate surface area is 133 Å². The van der Waals surface area contributed by atoms with Crippen molar-refractivity contribution in [3.8, 4) is 0 Å². The zero-order valence-corrected chi connectivity index (χ0v) is 12.6. The Kier molecular flexibility index (Phi) is 3.38. The lowest BCUT2D eigenvalue weighted by atomic mass is 10.1. The van der Waals surface area contributed by atoms with Gasteiger partial charge in [0.05, 0.1) is 23.1 Å². The molecule has 5 heteroatoms. The predicted molar refractivity (Wildman–Crippen MR) is 89.2 cm³/mol. The number of carbonyl (C=O) groups is 1. The molecule has 2 aromatic carbocycles. The fourth-order valence-electron chi connectivity index (χ4n) is 2.98. The summed E-state index contributed by atoms with van der Waals surface area (Å²) in [6.45, 7) is 0.207. The summed E-state index contributed by atoms with van der Waals surface area (Å²) in [5.41, 5.74) is 7.88. The molecule has 0 bridgehead atoms. The SMILES string of the molecule is O=C(Cn1cnc2ccccc21)N/N=C1/CCc2ccccc21. The van der Waals surface area contributed by atoms with E-state index < -0.39 is 0 Å². The average molecular weight is 304 g/mol. The van der Waals surface area contributed by atoms with Crippen LogP contribution in [0.25, 0.3) is 11.0 Å². The summed E-state index contributed by atoms with van der Waals surface area (Å²) in [5.74, 6) is -0.148. The van der Waals surface area contributed by atoms with E-state index in [-0.39, 0.29) is 12.5 Å². The third kappa shape index (κ3) is 2.61. The van der Waals surface area contributed by atoms with Crippen molar-refractivity contribution in [1.29, 1.82) is 0 Å². The van der Waals surface area contributed by atoms with Gasteiger partial charge in [0.2, 0.25) is 0 Å². The third-order valence-electron chi connectivity index (χ3n) is 4.12. The summed E-state index contributed by atoms with van der Waals surface area (Å²) in [4.78, 5) is 16.4. The quantitative estimate of drug-likeness (QED) is 0.756. The van der Waals surface area contributed by atoms with Crippen molar-refractivity contribution in [2.45, 2.75) is 19.4 Å². The van der Waals surface area contributed by atoms with Gasteiger partial charge in [0.25, 0.3) is 5.91 Å². The molecule has 23 heavy (non-hydrogen) atoms. The van der Waals surface area contributed by atoms with Gasteiger partial charge < -0.3 is 4.57 Å². The number of imidazole rings is 1. The fourth-order valence-corrected chi connectivity index (χ4v) is 2.98. The zero-order valence-electron chi connectivity index (χ0n) is 12.6. The number of rotatable bonds is 3. The highest BCUT2D eigenvalue weighted by Gasteiger charge is 2.17. The molecule has 1 aliphatic carbocycles. The first-order valence-corrected chi connectivity index (χ1v) is 7.65. The minimum absolute atomic E-state index is 0.148. The number of carbonyl (C=O) groups excluding carboxylic acids is 1. The van der Waals surface area contributed by atoms with Crippen LogP contribution in [-0.2, 0) is 17.8 Å². The average Bonchev–Trinajstić information content (AvgIpc) is 3.18. The number of hydrogen-bond acceptors (Lipinski definition) is 3. The highest BCUT2D eigenvalue weighted by Crippen LogP contribution is 2.21. The minimum atomic E-state index is -0.148. The summed E-state index contributed by atoms with van der Waals surface area (Å²) in [6.07, 6.45) is 3.53. The van der Waals surface area contributed by atoms with E-state index in [1.165, 1.54) is 5.56 Å². The van der Waals surface area contributed by atoms with Crippen molar-refractivity contribution >= 4 is 22.7 Å². The Bertz CT molecular complexity index is 910. The second kappa shape index (κ2) is 5.68. The van der Waals surface area contributed by atoms with Gasteiger partial charge in [-0.25, -0.2) is 10.4 Å². The van der Waals surface area contributed by atoms with E-state index in [1.54, 1.807) is 6.33 Å². The number of nitrogens with one attached hydrogen (secondary N) is 1. The lowest BCUT2D eigenvalue weighted by Crippen LogP contribution is -2.24. The van der Waals surface area contributed by atoms with Gasteiger partial charge >= 0.3 is 0 Å². The zero-order chi connectivity index (χ0) is 15.6. The van der Waals surface area contributed by atoms with Gasteiger partial charge in [-0.2, -0.15) is 5.10 Å². The second-order valence-corrected chi connectivity index (χ2v) is 5.61. The lowest BCUT2D eigenvalue weighted by Gasteiger charge is -2.04. The summed E-state index contributed by atoms with van der Waals surface area (Å²) >= 11 is 0. The van der Waals surface area contributed by atoms with E-state index in [2.05, 4.69) is 27.6 Å². The van der Waals surface area contributed by atoms with Crippen LogP contribution in [0.2, 0.25) is 0 Å². The summed E-state index contributed by atoms with van der Waals surface area (Å²) < 4.78 is 1.83. The largest absolute Gasteiger partial charge is 0.321 e. The fraction of sp³-hybridized carbons (Fsp3) is 0.167. The smallest absolute Gasteiger partial charge is 0.260 e. The molecule has 1 aliphatic rings. The number of fused-ring (bicyclic) bond motifs is 2. The molecule has 3 aromatic rings. The minimum Gasteiger partial charge on any atom is -0.321 e. The van der Waals surface area contributed by atoms with Crippen LogP contribution in [0.1, 0.15) is 17.5 Å². The molecule has 4 rings (SSSR count). The molecule has 0 saturated heterocycles. The van der Waals surface area contributed by atoms with E-state index in [0.717, 1.165) is 35.2 Å². The number of aryl methyl sites for hydroxylation is 1. The van der Waals surface area contributed by atoms with E-state index in [9.17, 15) is 4.79 Å². The van der Waals surface area contributed by atoms with Gasteiger partial charge in [-0.05, 0) is 30.5 Å². The van der Waals surface area contributed by atoms with Crippen molar-refractivity contribution in [3.63, 3.8) is 0 Å². The third-order valence-corrected chi connectivity index (χ3v) is 4.12. The highest BCUT2D eigenvalue weighted by atomic mass is 16.2. The Hall–Kier alpha value is -2.95. The molecule has 0 aliphatic heterocycles. The Morgan fingerprint density at radius 1 is 1.13 bits per heavy atom. The first-order chi connectivity index (χ1) is 11.3. The highest BCUT2D eigenvalue weighted by molar-refractivity contribution is 6.04. The van der Waals surface area contributed by atoms with Crippen molar-refractivity contribution in [3.05, 3.63) is 66.0 Å². The Morgan fingerprint density at radius 3 is 2.91 bits per heavy atom.